The topological polar surface area (TPSA) is 103 Å². The van der Waals surface area contributed by atoms with Crippen LogP contribution < -0.4 is 5.73 Å². The van der Waals surface area contributed by atoms with E-state index >= 15 is 0 Å². The number of piperidine rings is 1. The van der Waals surface area contributed by atoms with E-state index in [1.54, 1.807) is 26.0 Å². The van der Waals surface area contributed by atoms with E-state index in [1.165, 1.54) is 10.4 Å². The number of fused-ring (bicyclic) bond motifs is 1. The summed E-state index contributed by atoms with van der Waals surface area (Å²) in [5, 5.41) is 0.591. The molecule has 28 heavy (non-hydrogen) atoms. The highest BCUT2D eigenvalue weighted by molar-refractivity contribution is 7.89. The Balaban J connectivity index is 0.00000280. The summed E-state index contributed by atoms with van der Waals surface area (Å²) in [7, 11) is -3.69. The summed E-state index contributed by atoms with van der Waals surface area (Å²) in [6, 6.07) is 4.22. The van der Waals surface area contributed by atoms with Gasteiger partial charge in [-0.3, -0.25) is 0 Å². The number of ether oxygens (including phenoxy) is 1. The van der Waals surface area contributed by atoms with Crippen molar-refractivity contribution in [2.45, 2.75) is 57.0 Å². The number of hydrogen-bond acceptors (Lipinski definition) is 6. The lowest BCUT2D eigenvalue weighted by atomic mass is 10.00. The van der Waals surface area contributed by atoms with Crippen LogP contribution in [0.25, 0.3) is 11.0 Å². The second-order valence-electron chi connectivity index (χ2n) is 6.97. The first kappa shape index (κ1) is 22.7. The number of nitrogens with two attached hydrogens (primary N) is 1. The number of rotatable bonds is 5. The predicted molar refractivity (Wildman–Crippen MR) is 109 cm³/mol. The molecule has 2 N–H and O–H groups in total. The van der Waals surface area contributed by atoms with Gasteiger partial charge in [-0.15, -0.1) is 12.4 Å². The number of carbonyl (C=O) groups excluding carboxylic acids is 1. The third-order valence-corrected chi connectivity index (χ3v) is 7.00. The normalized spacial score (nSPS) is 19.2. The first-order valence-corrected chi connectivity index (χ1v) is 10.7. The van der Waals surface area contributed by atoms with Crippen LogP contribution in [0.15, 0.2) is 27.5 Å². The van der Waals surface area contributed by atoms with E-state index in [9.17, 15) is 13.2 Å². The Morgan fingerprint density at radius 2 is 2.11 bits per heavy atom. The van der Waals surface area contributed by atoms with Crippen LogP contribution in [0.3, 0.4) is 0 Å². The number of hydrogen-bond donors (Lipinski definition) is 1. The average Bonchev–Trinajstić information content (AvgIpc) is 2.98. The zero-order valence-electron chi connectivity index (χ0n) is 16.3. The van der Waals surface area contributed by atoms with Crippen LogP contribution >= 0.6 is 12.4 Å². The molecule has 7 nitrogen and oxygen atoms in total. The molecule has 1 saturated heterocycles. The molecule has 0 spiro atoms. The monoisotopic (exact) mass is 430 g/mol. The number of carbonyl (C=O) groups is 1. The van der Waals surface area contributed by atoms with Crippen molar-refractivity contribution in [2.24, 2.45) is 5.73 Å². The van der Waals surface area contributed by atoms with Crippen LogP contribution in [0.4, 0.5) is 0 Å². The SMILES string of the molecule is CCOC(=O)c1oc2ccc(S(=O)(=O)N3CCCCC3C(C)N)cc2c1C.Cl. The molecule has 2 unspecified atom stereocenters. The van der Waals surface area contributed by atoms with Gasteiger partial charge in [0.15, 0.2) is 0 Å². The average molecular weight is 431 g/mol. The van der Waals surface area contributed by atoms with Gasteiger partial charge in [-0.25, -0.2) is 13.2 Å². The summed E-state index contributed by atoms with van der Waals surface area (Å²) < 4.78 is 38.6. The molecule has 2 aromatic rings. The van der Waals surface area contributed by atoms with E-state index in [0.717, 1.165) is 19.3 Å². The van der Waals surface area contributed by atoms with Gasteiger partial charge in [0.1, 0.15) is 5.58 Å². The number of benzene rings is 1. The maximum Gasteiger partial charge on any atom is 0.374 e. The van der Waals surface area contributed by atoms with Gasteiger partial charge in [-0.2, -0.15) is 4.31 Å². The van der Waals surface area contributed by atoms with Crippen LogP contribution in [-0.4, -0.2) is 43.9 Å². The van der Waals surface area contributed by atoms with Gasteiger partial charge in [-0.1, -0.05) is 6.42 Å². The first-order chi connectivity index (χ1) is 12.8. The fraction of sp³-hybridized carbons (Fsp3) is 0.526. The number of halogens is 1. The smallest absolute Gasteiger partial charge is 0.374 e. The predicted octanol–water partition coefficient (Wildman–Crippen LogP) is 3.23. The van der Waals surface area contributed by atoms with Gasteiger partial charge in [0.2, 0.25) is 15.8 Å². The summed E-state index contributed by atoms with van der Waals surface area (Å²) in [6.45, 7) is 5.98. The molecule has 0 saturated carbocycles. The van der Waals surface area contributed by atoms with E-state index in [1.807, 2.05) is 6.92 Å². The molecule has 9 heteroatoms. The van der Waals surface area contributed by atoms with Gasteiger partial charge < -0.3 is 14.9 Å². The van der Waals surface area contributed by atoms with Gasteiger partial charge in [0.25, 0.3) is 0 Å². The molecule has 3 rings (SSSR count). The van der Waals surface area contributed by atoms with Crippen molar-refractivity contribution in [3.63, 3.8) is 0 Å². The van der Waals surface area contributed by atoms with Gasteiger partial charge in [0.05, 0.1) is 11.5 Å². The summed E-state index contributed by atoms with van der Waals surface area (Å²) in [6.07, 6.45) is 2.56. The highest BCUT2D eigenvalue weighted by Crippen LogP contribution is 2.31. The molecule has 1 aromatic heterocycles. The van der Waals surface area contributed by atoms with E-state index in [-0.39, 0.29) is 41.8 Å². The van der Waals surface area contributed by atoms with Crippen LogP contribution in [-0.2, 0) is 14.8 Å². The molecule has 0 radical (unpaired) electrons. The highest BCUT2D eigenvalue weighted by atomic mass is 35.5. The van der Waals surface area contributed by atoms with Crippen molar-refractivity contribution < 1.29 is 22.4 Å². The van der Waals surface area contributed by atoms with Crippen molar-refractivity contribution in [2.75, 3.05) is 13.2 Å². The summed E-state index contributed by atoms with van der Waals surface area (Å²) in [4.78, 5) is 12.2. The summed E-state index contributed by atoms with van der Waals surface area (Å²) in [5.74, 6) is -0.448. The molecular weight excluding hydrogens is 404 g/mol. The Bertz CT molecular complexity index is 955. The largest absolute Gasteiger partial charge is 0.460 e. The number of esters is 1. The minimum Gasteiger partial charge on any atom is -0.460 e. The molecule has 156 valence electrons. The van der Waals surface area contributed by atoms with Crippen LogP contribution in [0.1, 0.15) is 49.2 Å². The number of nitrogens with zero attached hydrogens (tertiary/aromatic N) is 1. The molecule has 2 heterocycles. The Morgan fingerprint density at radius 1 is 1.39 bits per heavy atom. The van der Waals surface area contributed by atoms with E-state index in [0.29, 0.717) is 23.1 Å². The Labute approximate surface area is 171 Å². The molecular formula is C19H27ClN2O5S. The molecule has 0 amide bonds. The molecule has 1 aliphatic rings. The lowest BCUT2D eigenvalue weighted by Gasteiger charge is -2.36. The van der Waals surface area contributed by atoms with Crippen LogP contribution in [0.2, 0.25) is 0 Å². The van der Waals surface area contributed by atoms with Crippen LogP contribution in [0.5, 0.6) is 0 Å². The first-order valence-electron chi connectivity index (χ1n) is 9.25. The zero-order valence-corrected chi connectivity index (χ0v) is 17.9. The molecule has 0 bridgehead atoms. The molecule has 1 fully saturated rings. The van der Waals surface area contributed by atoms with Crippen LogP contribution in [0, 0.1) is 6.92 Å². The second-order valence-corrected chi connectivity index (χ2v) is 8.86. The number of furan rings is 1. The van der Waals surface area contributed by atoms with Crippen molar-refractivity contribution in [3.8, 4) is 0 Å². The lowest BCUT2D eigenvalue weighted by Crippen LogP contribution is -2.51. The zero-order chi connectivity index (χ0) is 19.8. The van der Waals surface area contributed by atoms with E-state index in [2.05, 4.69) is 0 Å². The Kier molecular flexibility index (Phi) is 7.14. The standard InChI is InChI=1S/C19H26N2O5S.ClH/c1-4-25-19(22)18-12(2)15-11-14(8-9-17(15)26-18)27(23,24)21-10-6-5-7-16(21)13(3)20;/h8-9,11,13,16H,4-7,10,20H2,1-3H3;1H. The summed E-state index contributed by atoms with van der Waals surface area (Å²) >= 11 is 0. The van der Waals surface area contributed by atoms with Crippen molar-refractivity contribution in [3.05, 3.63) is 29.5 Å². The quantitative estimate of drug-likeness (QED) is 0.730. The number of aryl methyl sites for hydroxylation is 1. The van der Waals surface area contributed by atoms with Gasteiger partial charge in [0, 0.05) is 29.6 Å². The van der Waals surface area contributed by atoms with E-state index in [4.69, 9.17) is 14.9 Å². The van der Waals surface area contributed by atoms with E-state index < -0.39 is 16.0 Å². The van der Waals surface area contributed by atoms with Crippen molar-refractivity contribution in [1.29, 1.82) is 0 Å². The third-order valence-electron chi connectivity index (χ3n) is 5.08. The third kappa shape index (κ3) is 4.05. The molecule has 0 aliphatic carbocycles. The van der Waals surface area contributed by atoms with Crippen molar-refractivity contribution in [1.82, 2.24) is 4.31 Å². The lowest BCUT2D eigenvalue weighted by molar-refractivity contribution is 0.0491. The fourth-order valence-electron chi connectivity index (χ4n) is 3.64. The molecule has 2 atom stereocenters. The van der Waals surface area contributed by atoms with Gasteiger partial charge >= 0.3 is 5.97 Å². The van der Waals surface area contributed by atoms with Gasteiger partial charge in [-0.05, 0) is 51.8 Å². The molecule has 1 aromatic carbocycles. The Morgan fingerprint density at radius 3 is 2.75 bits per heavy atom. The minimum absolute atomic E-state index is 0. The minimum atomic E-state index is -3.69. The maximum absolute atomic E-state index is 13.2. The van der Waals surface area contributed by atoms with Crippen molar-refractivity contribution >= 4 is 39.4 Å². The second kappa shape index (κ2) is 8.82. The highest BCUT2D eigenvalue weighted by Gasteiger charge is 2.35. The summed E-state index contributed by atoms with van der Waals surface area (Å²) in [5.41, 5.74) is 7.07. The molecule has 1 aliphatic heterocycles. The fourth-order valence-corrected chi connectivity index (χ4v) is 5.44. The maximum atomic E-state index is 13.2. The number of sulfonamides is 1. The Hall–Kier alpha value is -1.61.